The molecule has 0 radical (unpaired) electrons. The number of alkyl halides is 3. The maximum atomic E-state index is 12.6. The number of fused-ring (bicyclic) bond motifs is 1. The van der Waals surface area contributed by atoms with Gasteiger partial charge in [-0.1, -0.05) is 0 Å². The molecular formula is C12H12F3N3O. The molecule has 3 rings (SSSR count). The first-order chi connectivity index (χ1) is 8.92. The third-order valence-corrected chi connectivity index (χ3v) is 2.98. The van der Waals surface area contributed by atoms with Crippen molar-refractivity contribution in [1.29, 1.82) is 0 Å². The van der Waals surface area contributed by atoms with E-state index in [1.807, 2.05) is 0 Å². The summed E-state index contributed by atoms with van der Waals surface area (Å²) in [6.45, 7) is -1.04. The zero-order valence-electron chi connectivity index (χ0n) is 9.94. The largest absolute Gasteiger partial charge is 0.423 e. The van der Waals surface area contributed by atoms with Crippen LogP contribution in [0.3, 0.4) is 0 Å². The van der Waals surface area contributed by atoms with Crippen LogP contribution in [0.4, 0.5) is 24.9 Å². The van der Waals surface area contributed by atoms with Gasteiger partial charge in [0.15, 0.2) is 5.58 Å². The number of benzene rings is 1. The summed E-state index contributed by atoms with van der Waals surface area (Å²) in [4.78, 5) is 5.28. The smallest absolute Gasteiger partial charge is 0.406 e. The molecule has 0 aliphatic heterocycles. The van der Waals surface area contributed by atoms with E-state index in [4.69, 9.17) is 10.2 Å². The minimum Gasteiger partial charge on any atom is -0.423 e. The lowest BCUT2D eigenvalue weighted by Gasteiger charge is -2.21. The Labute approximate surface area is 107 Å². The molecule has 1 fully saturated rings. The fraction of sp³-hybridized carbons (Fsp3) is 0.417. The van der Waals surface area contributed by atoms with Gasteiger partial charge in [-0.2, -0.15) is 18.2 Å². The van der Waals surface area contributed by atoms with Crippen molar-refractivity contribution >= 4 is 22.8 Å². The first kappa shape index (κ1) is 12.1. The monoisotopic (exact) mass is 271 g/mol. The second-order valence-electron chi connectivity index (χ2n) is 4.70. The van der Waals surface area contributed by atoms with Gasteiger partial charge in [-0.05, 0) is 25.0 Å². The topological polar surface area (TPSA) is 55.3 Å². The number of hydrogen-bond acceptors (Lipinski definition) is 4. The van der Waals surface area contributed by atoms with E-state index >= 15 is 0 Å². The van der Waals surface area contributed by atoms with Crippen molar-refractivity contribution in [3.05, 3.63) is 18.2 Å². The van der Waals surface area contributed by atoms with Crippen LogP contribution >= 0.6 is 0 Å². The molecule has 0 bridgehead atoms. The summed E-state index contributed by atoms with van der Waals surface area (Å²) in [6.07, 6.45) is -2.81. The number of nitrogens with two attached hydrogens (primary N) is 1. The van der Waals surface area contributed by atoms with Crippen LogP contribution < -0.4 is 10.6 Å². The number of halogens is 3. The Morgan fingerprint density at radius 1 is 1.37 bits per heavy atom. The molecule has 102 valence electrons. The van der Waals surface area contributed by atoms with Gasteiger partial charge in [-0.15, -0.1) is 0 Å². The van der Waals surface area contributed by atoms with Gasteiger partial charge >= 0.3 is 6.18 Å². The van der Waals surface area contributed by atoms with Crippen LogP contribution in [0, 0.1) is 0 Å². The van der Waals surface area contributed by atoms with Crippen LogP contribution in [0.25, 0.3) is 11.1 Å². The number of oxazole rings is 1. The molecule has 0 unspecified atom stereocenters. The van der Waals surface area contributed by atoms with Crippen molar-refractivity contribution in [1.82, 2.24) is 4.98 Å². The highest BCUT2D eigenvalue weighted by Crippen LogP contribution is 2.35. The highest BCUT2D eigenvalue weighted by molar-refractivity contribution is 5.78. The number of nitrogens with zero attached hydrogens (tertiary/aromatic N) is 2. The standard InChI is InChI=1S/C12H12F3N3O/c13-12(14,15)6-18(8-2-3-8)11-17-9-4-1-7(16)5-10(9)19-11/h1,4-5,8H,2-3,6,16H2. The Morgan fingerprint density at radius 2 is 2.11 bits per heavy atom. The maximum absolute atomic E-state index is 12.6. The number of anilines is 2. The summed E-state index contributed by atoms with van der Waals surface area (Å²) in [5, 5.41) is 0. The van der Waals surface area contributed by atoms with Crippen LogP contribution in [0.15, 0.2) is 22.6 Å². The first-order valence-electron chi connectivity index (χ1n) is 5.92. The fourth-order valence-corrected chi connectivity index (χ4v) is 1.98. The van der Waals surface area contributed by atoms with E-state index in [0.717, 1.165) is 12.8 Å². The third kappa shape index (κ3) is 2.59. The van der Waals surface area contributed by atoms with E-state index in [2.05, 4.69) is 4.98 Å². The molecule has 1 aliphatic carbocycles. The van der Waals surface area contributed by atoms with Gasteiger partial charge in [0.2, 0.25) is 0 Å². The van der Waals surface area contributed by atoms with Gasteiger partial charge in [0.1, 0.15) is 12.1 Å². The van der Waals surface area contributed by atoms with Crippen molar-refractivity contribution in [2.75, 3.05) is 17.2 Å². The molecule has 4 nitrogen and oxygen atoms in total. The zero-order chi connectivity index (χ0) is 13.6. The fourth-order valence-electron chi connectivity index (χ4n) is 1.98. The molecule has 1 heterocycles. The van der Waals surface area contributed by atoms with E-state index < -0.39 is 12.7 Å². The van der Waals surface area contributed by atoms with E-state index in [-0.39, 0.29) is 12.1 Å². The molecule has 2 aromatic rings. The number of nitrogen functional groups attached to an aromatic ring is 1. The summed E-state index contributed by atoms with van der Waals surface area (Å²) < 4.78 is 43.1. The normalized spacial score (nSPS) is 15.9. The second kappa shape index (κ2) is 4.04. The summed E-state index contributed by atoms with van der Waals surface area (Å²) in [7, 11) is 0. The number of hydrogen-bond donors (Lipinski definition) is 1. The zero-order valence-corrected chi connectivity index (χ0v) is 9.94. The number of aromatic nitrogens is 1. The van der Waals surface area contributed by atoms with Crippen LogP contribution in [0.1, 0.15) is 12.8 Å². The molecule has 0 amide bonds. The number of rotatable bonds is 3. The van der Waals surface area contributed by atoms with Crippen LogP contribution in [-0.4, -0.2) is 23.7 Å². The van der Waals surface area contributed by atoms with Gasteiger partial charge < -0.3 is 15.1 Å². The van der Waals surface area contributed by atoms with Gasteiger partial charge in [0.25, 0.3) is 6.01 Å². The first-order valence-corrected chi connectivity index (χ1v) is 5.92. The molecular weight excluding hydrogens is 259 g/mol. The summed E-state index contributed by atoms with van der Waals surface area (Å²) in [6, 6.07) is 4.72. The molecule has 1 aliphatic rings. The van der Waals surface area contributed by atoms with Crippen molar-refractivity contribution in [2.24, 2.45) is 0 Å². The van der Waals surface area contributed by atoms with Crippen LogP contribution in [0.2, 0.25) is 0 Å². The Bertz CT molecular complexity index is 604. The van der Waals surface area contributed by atoms with Crippen molar-refractivity contribution in [2.45, 2.75) is 25.1 Å². The lowest BCUT2D eigenvalue weighted by Crippen LogP contribution is -2.36. The quantitative estimate of drug-likeness (QED) is 0.872. The predicted molar refractivity (Wildman–Crippen MR) is 64.8 cm³/mol. The minimum absolute atomic E-state index is 0.0143. The molecule has 1 aromatic heterocycles. The minimum atomic E-state index is -4.28. The van der Waals surface area contributed by atoms with E-state index in [0.29, 0.717) is 16.8 Å². The Hall–Kier alpha value is -1.92. The van der Waals surface area contributed by atoms with Crippen molar-refractivity contribution in [3.63, 3.8) is 0 Å². The van der Waals surface area contributed by atoms with Crippen molar-refractivity contribution < 1.29 is 17.6 Å². The van der Waals surface area contributed by atoms with Crippen molar-refractivity contribution in [3.8, 4) is 0 Å². The average Bonchev–Trinajstić information content (AvgIpc) is 3.05. The Morgan fingerprint density at radius 3 is 2.74 bits per heavy atom. The van der Waals surface area contributed by atoms with Gasteiger partial charge in [-0.3, -0.25) is 0 Å². The third-order valence-electron chi connectivity index (χ3n) is 2.98. The molecule has 7 heteroatoms. The summed E-state index contributed by atoms with van der Waals surface area (Å²) in [5.41, 5.74) is 7.01. The van der Waals surface area contributed by atoms with Crippen LogP contribution in [0.5, 0.6) is 0 Å². The molecule has 1 aromatic carbocycles. The molecule has 0 saturated heterocycles. The maximum Gasteiger partial charge on any atom is 0.406 e. The predicted octanol–water partition coefficient (Wildman–Crippen LogP) is 2.94. The highest BCUT2D eigenvalue weighted by atomic mass is 19.4. The SMILES string of the molecule is Nc1ccc2nc(N(CC(F)(F)F)C3CC3)oc2c1. The van der Waals surface area contributed by atoms with E-state index in [1.165, 1.54) is 4.90 Å². The lowest BCUT2D eigenvalue weighted by molar-refractivity contribution is -0.120. The molecule has 0 spiro atoms. The second-order valence-corrected chi connectivity index (χ2v) is 4.70. The average molecular weight is 271 g/mol. The summed E-state index contributed by atoms with van der Waals surface area (Å²) in [5.74, 6) is 0. The van der Waals surface area contributed by atoms with Gasteiger partial charge in [0.05, 0.1) is 0 Å². The Balaban J connectivity index is 1.95. The molecule has 0 atom stereocenters. The molecule has 2 N–H and O–H groups in total. The Kier molecular flexibility index (Phi) is 2.58. The molecule has 19 heavy (non-hydrogen) atoms. The van der Waals surface area contributed by atoms with E-state index in [1.54, 1.807) is 18.2 Å². The summed E-state index contributed by atoms with van der Waals surface area (Å²) >= 11 is 0. The lowest BCUT2D eigenvalue weighted by atomic mass is 10.3. The van der Waals surface area contributed by atoms with Gasteiger partial charge in [0, 0.05) is 17.8 Å². The van der Waals surface area contributed by atoms with E-state index in [9.17, 15) is 13.2 Å². The molecule has 1 saturated carbocycles. The van der Waals surface area contributed by atoms with Crippen LogP contribution in [-0.2, 0) is 0 Å². The van der Waals surface area contributed by atoms with Gasteiger partial charge in [-0.25, -0.2) is 0 Å². The highest BCUT2D eigenvalue weighted by Gasteiger charge is 2.40.